The van der Waals surface area contributed by atoms with Crippen LogP contribution in [0.15, 0.2) is 53.0 Å². The van der Waals surface area contributed by atoms with Crippen LogP contribution in [-0.4, -0.2) is 32.1 Å². The van der Waals surface area contributed by atoms with E-state index in [9.17, 15) is 0 Å². The number of methoxy groups -OCH3 is 1. The molecule has 0 bridgehead atoms. The minimum Gasteiger partial charge on any atom is -0.497 e. The van der Waals surface area contributed by atoms with Gasteiger partial charge in [-0.25, -0.2) is 0 Å². The Morgan fingerprint density at radius 2 is 1.95 bits per heavy atom. The van der Waals surface area contributed by atoms with Crippen LogP contribution in [0.1, 0.15) is 5.56 Å². The average Bonchev–Trinajstić information content (AvgIpc) is 2.47. The van der Waals surface area contributed by atoms with Gasteiger partial charge < -0.3 is 15.0 Å². The van der Waals surface area contributed by atoms with Crippen molar-refractivity contribution in [3.8, 4) is 5.75 Å². The van der Waals surface area contributed by atoms with Crippen molar-refractivity contribution in [2.45, 2.75) is 6.54 Å². The van der Waals surface area contributed by atoms with Gasteiger partial charge in [0.05, 0.1) is 7.11 Å². The molecule has 0 unspecified atom stereocenters. The molecule has 0 saturated carbocycles. The van der Waals surface area contributed by atoms with Gasteiger partial charge in [-0.15, -0.1) is 0 Å². The summed E-state index contributed by atoms with van der Waals surface area (Å²) in [6.07, 6.45) is 0. The van der Waals surface area contributed by atoms with Gasteiger partial charge in [0, 0.05) is 29.8 Å². The smallest absolute Gasteiger partial charge is 0.119 e. The van der Waals surface area contributed by atoms with Gasteiger partial charge in [-0.3, -0.25) is 0 Å². The van der Waals surface area contributed by atoms with Crippen LogP contribution in [0.25, 0.3) is 0 Å². The Balaban J connectivity index is 1.78. The average molecular weight is 349 g/mol. The largest absolute Gasteiger partial charge is 0.497 e. The molecule has 0 heterocycles. The van der Waals surface area contributed by atoms with E-state index in [4.69, 9.17) is 4.74 Å². The summed E-state index contributed by atoms with van der Waals surface area (Å²) in [5, 5.41) is 3.43. The van der Waals surface area contributed by atoms with Crippen LogP contribution < -0.4 is 10.1 Å². The zero-order valence-electron chi connectivity index (χ0n) is 12.5. The highest BCUT2D eigenvalue weighted by Gasteiger charge is 2.02. The molecule has 2 aromatic carbocycles. The molecule has 4 heteroatoms. The number of ether oxygens (including phenoxy) is 1. The van der Waals surface area contributed by atoms with Crippen molar-refractivity contribution < 1.29 is 4.74 Å². The summed E-state index contributed by atoms with van der Waals surface area (Å²) in [5.74, 6) is 0.910. The molecule has 0 saturated heterocycles. The van der Waals surface area contributed by atoms with Crippen LogP contribution in [0.3, 0.4) is 0 Å². The Bertz CT molecular complexity index is 574. The molecule has 2 rings (SSSR count). The normalized spacial score (nSPS) is 10.7. The Kier molecular flexibility index (Phi) is 6.08. The van der Waals surface area contributed by atoms with Gasteiger partial charge in [-0.1, -0.05) is 34.1 Å². The lowest BCUT2D eigenvalue weighted by molar-refractivity contribution is 0.338. The van der Waals surface area contributed by atoms with Crippen molar-refractivity contribution in [2.75, 3.05) is 32.6 Å². The molecule has 1 N–H and O–H groups in total. The van der Waals surface area contributed by atoms with E-state index in [0.717, 1.165) is 35.5 Å². The van der Waals surface area contributed by atoms with Crippen LogP contribution in [0, 0.1) is 0 Å². The number of anilines is 1. The van der Waals surface area contributed by atoms with Gasteiger partial charge >= 0.3 is 0 Å². The lowest BCUT2D eigenvalue weighted by atomic mass is 10.2. The lowest BCUT2D eigenvalue weighted by Gasteiger charge is -2.18. The second kappa shape index (κ2) is 8.05. The first-order valence-electron chi connectivity index (χ1n) is 6.98. The molecule has 0 aliphatic heterocycles. The van der Waals surface area contributed by atoms with E-state index >= 15 is 0 Å². The Morgan fingerprint density at radius 1 is 1.14 bits per heavy atom. The molecule has 0 atom stereocenters. The molecule has 2 aromatic rings. The summed E-state index contributed by atoms with van der Waals surface area (Å²) in [7, 11) is 3.83. The summed E-state index contributed by atoms with van der Waals surface area (Å²) >= 11 is 3.48. The topological polar surface area (TPSA) is 24.5 Å². The van der Waals surface area contributed by atoms with Crippen LogP contribution in [-0.2, 0) is 6.54 Å². The molecule has 0 fully saturated rings. The third-order valence-corrected chi connectivity index (χ3v) is 3.73. The fraction of sp³-hybridized carbons (Fsp3) is 0.294. The molecule has 3 nitrogen and oxygen atoms in total. The van der Waals surface area contributed by atoms with Gasteiger partial charge in [0.15, 0.2) is 0 Å². The van der Waals surface area contributed by atoms with Crippen molar-refractivity contribution >= 4 is 21.6 Å². The van der Waals surface area contributed by atoms with Gasteiger partial charge in [0.1, 0.15) is 5.75 Å². The first kappa shape index (κ1) is 15.9. The summed E-state index contributed by atoms with van der Waals surface area (Å²) in [5.41, 5.74) is 2.40. The zero-order chi connectivity index (χ0) is 15.1. The minimum atomic E-state index is 0.910. The predicted molar refractivity (Wildman–Crippen MR) is 92.0 cm³/mol. The molecular formula is C17H21BrN2O. The summed E-state index contributed by atoms with van der Waals surface area (Å²) in [6, 6.07) is 16.4. The number of likely N-dealkylation sites (N-methyl/N-ethyl adjacent to an activating group) is 1. The van der Waals surface area contributed by atoms with Crippen LogP contribution in [0.4, 0.5) is 5.69 Å². The fourth-order valence-corrected chi connectivity index (χ4v) is 2.55. The quantitative estimate of drug-likeness (QED) is 0.818. The van der Waals surface area contributed by atoms with E-state index in [1.807, 2.05) is 24.3 Å². The number of halogens is 1. The lowest BCUT2D eigenvalue weighted by Crippen LogP contribution is -2.24. The molecule has 0 spiro atoms. The standard InChI is InChI=1S/C17H21BrN2O/c1-20(13-14-5-3-8-17(11-14)21-2)10-9-19-16-7-4-6-15(18)12-16/h3-8,11-12,19H,9-10,13H2,1-2H3. The van der Waals surface area contributed by atoms with Gasteiger partial charge in [-0.05, 0) is 42.9 Å². The number of rotatable bonds is 7. The molecule has 0 amide bonds. The van der Waals surface area contributed by atoms with Crippen molar-refractivity contribution in [2.24, 2.45) is 0 Å². The maximum Gasteiger partial charge on any atom is 0.119 e. The number of benzene rings is 2. The van der Waals surface area contributed by atoms with Crippen molar-refractivity contribution in [1.82, 2.24) is 4.90 Å². The number of nitrogens with one attached hydrogen (secondary N) is 1. The van der Waals surface area contributed by atoms with Gasteiger partial charge in [0.2, 0.25) is 0 Å². The molecule has 0 aliphatic carbocycles. The van der Waals surface area contributed by atoms with Crippen LogP contribution >= 0.6 is 15.9 Å². The molecule has 112 valence electrons. The first-order valence-corrected chi connectivity index (χ1v) is 7.77. The Labute approximate surface area is 135 Å². The summed E-state index contributed by atoms with van der Waals surface area (Å²) in [4.78, 5) is 2.29. The van der Waals surface area contributed by atoms with E-state index in [1.165, 1.54) is 5.56 Å². The summed E-state index contributed by atoms with van der Waals surface area (Å²) < 4.78 is 6.35. The first-order chi connectivity index (χ1) is 10.2. The Hall–Kier alpha value is -1.52. The third kappa shape index (κ3) is 5.40. The molecule has 0 aromatic heterocycles. The van der Waals surface area contributed by atoms with E-state index in [2.05, 4.69) is 57.5 Å². The van der Waals surface area contributed by atoms with E-state index in [-0.39, 0.29) is 0 Å². The Morgan fingerprint density at radius 3 is 2.71 bits per heavy atom. The predicted octanol–water partition coefficient (Wildman–Crippen LogP) is 4.00. The third-order valence-electron chi connectivity index (χ3n) is 3.23. The maximum atomic E-state index is 5.25. The SMILES string of the molecule is COc1cccc(CN(C)CCNc2cccc(Br)c2)c1. The van der Waals surface area contributed by atoms with Crippen molar-refractivity contribution in [3.05, 3.63) is 58.6 Å². The molecular weight excluding hydrogens is 328 g/mol. The van der Waals surface area contributed by atoms with E-state index < -0.39 is 0 Å². The van der Waals surface area contributed by atoms with E-state index in [0.29, 0.717) is 0 Å². The van der Waals surface area contributed by atoms with Gasteiger partial charge in [0.25, 0.3) is 0 Å². The number of hydrogen-bond acceptors (Lipinski definition) is 3. The van der Waals surface area contributed by atoms with Crippen molar-refractivity contribution in [1.29, 1.82) is 0 Å². The second-order valence-electron chi connectivity index (χ2n) is 5.03. The molecule has 21 heavy (non-hydrogen) atoms. The van der Waals surface area contributed by atoms with Crippen LogP contribution in [0.2, 0.25) is 0 Å². The minimum absolute atomic E-state index is 0.910. The van der Waals surface area contributed by atoms with Crippen molar-refractivity contribution in [3.63, 3.8) is 0 Å². The highest BCUT2D eigenvalue weighted by atomic mass is 79.9. The maximum absolute atomic E-state index is 5.25. The van der Waals surface area contributed by atoms with E-state index in [1.54, 1.807) is 7.11 Å². The van der Waals surface area contributed by atoms with Gasteiger partial charge in [-0.2, -0.15) is 0 Å². The zero-order valence-corrected chi connectivity index (χ0v) is 14.1. The summed E-state index contributed by atoms with van der Waals surface area (Å²) in [6.45, 7) is 2.80. The second-order valence-corrected chi connectivity index (χ2v) is 5.94. The monoisotopic (exact) mass is 348 g/mol. The fourth-order valence-electron chi connectivity index (χ4n) is 2.15. The highest BCUT2D eigenvalue weighted by Crippen LogP contribution is 2.16. The number of nitrogens with zero attached hydrogens (tertiary/aromatic N) is 1. The molecule has 0 radical (unpaired) electrons. The number of hydrogen-bond donors (Lipinski definition) is 1. The highest BCUT2D eigenvalue weighted by molar-refractivity contribution is 9.10. The van der Waals surface area contributed by atoms with Crippen LogP contribution in [0.5, 0.6) is 5.75 Å². The molecule has 0 aliphatic rings.